The molecule has 4 nitrogen and oxygen atoms in total. The third-order valence-electron chi connectivity index (χ3n) is 5.50. The van der Waals surface area contributed by atoms with E-state index in [2.05, 4.69) is 20.4 Å². The highest BCUT2D eigenvalue weighted by Gasteiger charge is 2.10. The number of rotatable bonds is 17. The van der Waals surface area contributed by atoms with Crippen LogP contribution in [0, 0.1) is 0 Å². The van der Waals surface area contributed by atoms with Crippen LogP contribution < -0.4 is 14.2 Å². The van der Waals surface area contributed by atoms with Gasteiger partial charge in [-0.1, -0.05) is 45.1 Å². The Kier molecular flexibility index (Phi) is 12.8. The minimum Gasteiger partial charge on any atom is -0.494 e. The zero-order valence-electron chi connectivity index (χ0n) is 20.4. The van der Waals surface area contributed by atoms with Crippen LogP contribution in [-0.4, -0.2) is 18.7 Å². The lowest BCUT2D eigenvalue weighted by atomic mass is 10.1. The molecule has 180 valence electrons. The fourth-order valence-corrected chi connectivity index (χ4v) is 3.52. The van der Waals surface area contributed by atoms with Crippen LogP contribution in [0.2, 0.25) is 0 Å². The summed E-state index contributed by atoms with van der Waals surface area (Å²) in [7, 11) is 0. The number of hydrogen-bond donors (Lipinski definition) is 0. The second-order valence-electron chi connectivity index (χ2n) is 8.50. The Morgan fingerprint density at radius 1 is 0.848 bits per heavy atom. The van der Waals surface area contributed by atoms with Crippen molar-refractivity contribution in [3.8, 4) is 17.2 Å². The van der Waals surface area contributed by atoms with Crippen molar-refractivity contribution in [2.24, 2.45) is 0 Å². The van der Waals surface area contributed by atoms with Crippen LogP contribution in [0.3, 0.4) is 0 Å². The van der Waals surface area contributed by atoms with E-state index in [1.165, 1.54) is 38.5 Å². The summed E-state index contributed by atoms with van der Waals surface area (Å²) in [4.78, 5) is 12.5. The average molecular weight is 453 g/mol. The first-order valence-electron chi connectivity index (χ1n) is 12.4. The van der Waals surface area contributed by atoms with Gasteiger partial charge in [-0.05, 0) is 87.6 Å². The first-order chi connectivity index (χ1) is 16.1. The number of allylic oxidation sites excluding steroid dienone is 1. The summed E-state index contributed by atoms with van der Waals surface area (Å²) < 4.78 is 17.2. The van der Waals surface area contributed by atoms with Crippen molar-refractivity contribution in [3.05, 3.63) is 66.7 Å². The van der Waals surface area contributed by atoms with E-state index >= 15 is 0 Å². The van der Waals surface area contributed by atoms with Gasteiger partial charge >= 0.3 is 5.97 Å². The standard InChI is InChI=1S/C29H40O4/c1-4-6-8-10-11-13-23-31-26-19-21-28(22-20-26)33-29(30)25-15-17-27(18-16-25)32-24(3)14-12-9-7-5-2/h4,15-22,24H,1,5-14,23H2,2-3H3. The second kappa shape index (κ2) is 16.0. The lowest BCUT2D eigenvalue weighted by Crippen LogP contribution is -2.12. The molecule has 0 radical (unpaired) electrons. The van der Waals surface area contributed by atoms with Crippen LogP contribution in [0.4, 0.5) is 0 Å². The Bertz CT molecular complexity index is 795. The molecule has 0 aliphatic rings. The minimum atomic E-state index is -0.387. The van der Waals surface area contributed by atoms with Crippen molar-refractivity contribution in [1.29, 1.82) is 0 Å². The Balaban J connectivity index is 1.71. The van der Waals surface area contributed by atoms with Gasteiger partial charge in [-0.15, -0.1) is 6.58 Å². The predicted molar refractivity (Wildman–Crippen MR) is 135 cm³/mol. The molecule has 1 unspecified atom stereocenters. The normalized spacial score (nSPS) is 11.6. The lowest BCUT2D eigenvalue weighted by Gasteiger charge is -2.14. The number of ether oxygens (including phenoxy) is 3. The molecular weight excluding hydrogens is 412 g/mol. The summed E-state index contributed by atoms with van der Waals surface area (Å²) in [5.74, 6) is 1.67. The summed E-state index contributed by atoms with van der Waals surface area (Å²) in [6.45, 7) is 8.74. The van der Waals surface area contributed by atoms with Crippen molar-refractivity contribution in [2.45, 2.75) is 84.2 Å². The molecule has 0 fully saturated rings. The number of carbonyl (C=O) groups excluding carboxylic acids is 1. The van der Waals surface area contributed by atoms with E-state index in [0.717, 1.165) is 37.2 Å². The van der Waals surface area contributed by atoms with Gasteiger partial charge in [-0.25, -0.2) is 4.79 Å². The summed E-state index contributed by atoms with van der Waals surface area (Å²) in [6.07, 6.45) is 13.8. The van der Waals surface area contributed by atoms with Gasteiger partial charge < -0.3 is 14.2 Å². The molecule has 2 rings (SSSR count). The fourth-order valence-electron chi connectivity index (χ4n) is 3.52. The van der Waals surface area contributed by atoms with Crippen LogP contribution in [-0.2, 0) is 0 Å². The van der Waals surface area contributed by atoms with Gasteiger partial charge in [0.15, 0.2) is 0 Å². The number of benzene rings is 2. The molecule has 0 heterocycles. The highest BCUT2D eigenvalue weighted by atomic mass is 16.5. The summed E-state index contributed by atoms with van der Waals surface area (Å²) >= 11 is 0. The summed E-state index contributed by atoms with van der Waals surface area (Å²) in [5.41, 5.74) is 0.495. The molecule has 2 aromatic rings. The molecule has 0 saturated heterocycles. The van der Waals surface area contributed by atoms with E-state index < -0.39 is 0 Å². The molecule has 0 saturated carbocycles. The second-order valence-corrected chi connectivity index (χ2v) is 8.50. The maximum Gasteiger partial charge on any atom is 0.343 e. The topological polar surface area (TPSA) is 44.8 Å². The fraction of sp³-hybridized carbons (Fsp3) is 0.483. The quantitative estimate of drug-likeness (QED) is 0.105. The number of unbranched alkanes of at least 4 members (excludes halogenated alkanes) is 7. The van der Waals surface area contributed by atoms with Gasteiger partial charge in [0, 0.05) is 0 Å². The molecule has 1 atom stereocenters. The molecule has 0 spiro atoms. The Morgan fingerprint density at radius 3 is 2.18 bits per heavy atom. The number of carbonyl (C=O) groups is 1. The van der Waals surface area contributed by atoms with Gasteiger partial charge in [0.1, 0.15) is 17.2 Å². The monoisotopic (exact) mass is 452 g/mol. The van der Waals surface area contributed by atoms with Crippen LogP contribution in [0.15, 0.2) is 61.2 Å². The van der Waals surface area contributed by atoms with Crippen LogP contribution in [0.1, 0.15) is 88.4 Å². The van der Waals surface area contributed by atoms with E-state index in [-0.39, 0.29) is 12.1 Å². The molecule has 2 aromatic carbocycles. The maximum absolute atomic E-state index is 12.5. The Morgan fingerprint density at radius 2 is 1.48 bits per heavy atom. The first kappa shape index (κ1) is 26.5. The molecule has 33 heavy (non-hydrogen) atoms. The van der Waals surface area contributed by atoms with Gasteiger partial charge in [0.25, 0.3) is 0 Å². The third kappa shape index (κ3) is 11.1. The molecule has 0 aliphatic carbocycles. The minimum absolute atomic E-state index is 0.164. The molecule has 0 N–H and O–H groups in total. The Labute approximate surface area is 200 Å². The Hall–Kier alpha value is -2.75. The van der Waals surface area contributed by atoms with Gasteiger partial charge in [-0.2, -0.15) is 0 Å². The molecule has 0 bridgehead atoms. The SMILES string of the molecule is C=CCCCCCCOc1ccc(OC(=O)c2ccc(OC(C)CCCCCC)cc2)cc1. The van der Waals surface area contributed by atoms with E-state index in [9.17, 15) is 4.79 Å². The largest absolute Gasteiger partial charge is 0.494 e. The van der Waals surface area contributed by atoms with E-state index in [1.807, 2.05) is 30.3 Å². The van der Waals surface area contributed by atoms with Gasteiger partial charge in [0.2, 0.25) is 0 Å². The molecule has 4 heteroatoms. The van der Waals surface area contributed by atoms with Crippen LogP contribution in [0.5, 0.6) is 17.2 Å². The molecule has 0 amide bonds. The number of hydrogen-bond acceptors (Lipinski definition) is 4. The highest BCUT2D eigenvalue weighted by molar-refractivity contribution is 5.91. The zero-order chi connectivity index (χ0) is 23.7. The van der Waals surface area contributed by atoms with E-state index in [4.69, 9.17) is 14.2 Å². The molecule has 0 aliphatic heterocycles. The van der Waals surface area contributed by atoms with Gasteiger partial charge in [-0.3, -0.25) is 0 Å². The van der Waals surface area contributed by atoms with E-state index in [0.29, 0.717) is 17.9 Å². The highest BCUT2D eigenvalue weighted by Crippen LogP contribution is 2.21. The van der Waals surface area contributed by atoms with Crippen LogP contribution in [0.25, 0.3) is 0 Å². The zero-order valence-corrected chi connectivity index (χ0v) is 20.4. The predicted octanol–water partition coefficient (Wildman–Crippen LogP) is 8.16. The van der Waals surface area contributed by atoms with Crippen molar-refractivity contribution in [2.75, 3.05) is 6.61 Å². The average Bonchev–Trinajstić information content (AvgIpc) is 2.83. The van der Waals surface area contributed by atoms with Crippen molar-refractivity contribution < 1.29 is 19.0 Å². The maximum atomic E-state index is 12.5. The first-order valence-corrected chi connectivity index (χ1v) is 12.4. The van der Waals surface area contributed by atoms with Crippen molar-refractivity contribution >= 4 is 5.97 Å². The summed E-state index contributed by atoms with van der Waals surface area (Å²) in [5, 5.41) is 0. The lowest BCUT2D eigenvalue weighted by molar-refractivity contribution is 0.0734. The van der Waals surface area contributed by atoms with Crippen molar-refractivity contribution in [1.82, 2.24) is 0 Å². The third-order valence-corrected chi connectivity index (χ3v) is 5.50. The summed E-state index contributed by atoms with van der Waals surface area (Å²) in [6, 6.07) is 14.3. The smallest absolute Gasteiger partial charge is 0.343 e. The van der Waals surface area contributed by atoms with E-state index in [1.54, 1.807) is 24.3 Å². The molecule has 0 aromatic heterocycles. The van der Waals surface area contributed by atoms with Crippen LogP contribution >= 0.6 is 0 Å². The number of esters is 1. The van der Waals surface area contributed by atoms with Crippen molar-refractivity contribution in [3.63, 3.8) is 0 Å². The molecular formula is C29H40O4. The van der Waals surface area contributed by atoms with Gasteiger partial charge in [0.05, 0.1) is 18.3 Å².